The van der Waals surface area contributed by atoms with E-state index in [1.807, 2.05) is 13.8 Å². The van der Waals surface area contributed by atoms with Crippen LogP contribution in [0.5, 0.6) is 5.75 Å². The molecule has 186 valence electrons. The third-order valence-corrected chi connectivity index (χ3v) is 5.60. The molecule has 0 aromatic heterocycles. The summed E-state index contributed by atoms with van der Waals surface area (Å²) in [4.78, 5) is 12.0. The fraction of sp³-hybridized carbons (Fsp3) is 0.269. The third-order valence-electron chi connectivity index (χ3n) is 5.27. The lowest BCUT2D eigenvalue weighted by Crippen LogP contribution is -2.14. The molecule has 1 N–H and O–H groups in total. The van der Waals surface area contributed by atoms with Crippen molar-refractivity contribution in [2.45, 2.75) is 39.0 Å². The van der Waals surface area contributed by atoms with Crippen molar-refractivity contribution in [1.82, 2.24) is 0 Å². The lowest BCUT2D eigenvalue weighted by Gasteiger charge is -2.19. The zero-order valence-electron chi connectivity index (χ0n) is 18.8. The number of carboxylic acids is 1. The van der Waals surface area contributed by atoms with Crippen LogP contribution in [0, 0.1) is 17.6 Å². The zero-order valence-corrected chi connectivity index (χ0v) is 19.6. The topological polar surface area (TPSA) is 46.5 Å². The summed E-state index contributed by atoms with van der Waals surface area (Å²) < 4.78 is 73.0. The van der Waals surface area contributed by atoms with Gasteiger partial charge in [0.1, 0.15) is 24.0 Å². The minimum absolute atomic E-state index is 0.0201. The van der Waals surface area contributed by atoms with Crippen LogP contribution in [0.3, 0.4) is 0 Å². The second-order valence-corrected chi connectivity index (χ2v) is 8.98. The van der Waals surface area contributed by atoms with Gasteiger partial charge in [-0.05, 0) is 71.0 Å². The summed E-state index contributed by atoms with van der Waals surface area (Å²) in [7, 11) is 0. The first-order valence-electron chi connectivity index (χ1n) is 10.7. The highest BCUT2D eigenvalue weighted by Gasteiger charge is 2.33. The number of carbonyl (C=O) groups is 1. The molecule has 0 aliphatic heterocycles. The molecule has 0 saturated heterocycles. The number of hydrogen-bond acceptors (Lipinski definition) is 2. The average Bonchev–Trinajstić information content (AvgIpc) is 2.74. The van der Waals surface area contributed by atoms with E-state index in [1.54, 1.807) is 0 Å². The number of ether oxygens (including phenoxy) is 1. The van der Waals surface area contributed by atoms with Crippen molar-refractivity contribution in [3.8, 4) is 16.9 Å². The fourth-order valence-electron chi connectivity index (χ4n) is 3.71. The molecule has 0 heterocycles. The van der Waals surface area contributed by atoms with Crippen molar-refractivity contribution in [2.75, 3.05) is 0 Å². The minimum atomic E-state index is -4.69. The Kier molecular flexibility index (Phi) is 8.05. The Bertz CT molecular complexity index is 1200. The second kappa shape index (κ2) is 10.6. The molecule has 3 aromatic carbocycles. The number of halogens is 6. The molecule has 0 aliphatic rings. The van der Waals surface area contributed by atoms with Gasteiger partial charge < -0.3 is 9.84 Å². The smallest absolute Gasteiger partial charge is 0.417 e. The molecule has 3 nitrogen and oxygen atoms in total. The van der Waals surface area contributed by atoms with Crippen molar-refractivity contribution >= 4 is 17.6 Å². The van der Waals surface area contributed by atoms with Gasteiger partial charge in [0.15, 0.2) is 0 Å². The van der Waals surface area contributed by atoms with Gasteiger partial charge >= 0.3 is 12.1 Å². The number of alkyl halides is 3. The molecule has 1 unspecified atom stereocenters. The minimum Gasteiger partial charge on any atom is -0.489 e. The van der Waals surface area contributed by atoms with Crippen molar-refractivity contribution < 1.29 is 36.6 Å². The van der Waals surface area contributed by atoms with E-state index in [9.17, 15) is 31.9 Å². The van der Waals surface area contributed by atoms with E-state index in [0.717, 1.165) is 24.3 Å². The Morgan fingerprint density at radius 3 is 2.20 bits per heavy atom. The van der Waals surface area contributed by atoms with Crippen LogP contribution in [0.1, 0.15) is 42.9 Å². The second-order valence-electron chi connectivity index (χ2n) is 8.57. The predicted octanol–water partition coefficient (Wildman–Crippen LogP) is 8.10. The SMILES string of the molecule is CC(C)CC(C(=O)O)c1cc(OCc2cc(F)cc(F)c2)cc(-c2ccc(Cl)c(C(F)(F)F)c2)c1. The predicted molar refractivity (Wildman–Crippen MR) is 122 cm³/mol. The van der Waals surface area contributed by atoms with Crippen molar-refractivity contribution in [3.05, 3.63) is 87.9 Å². The van der Waals surface area contributed by atoms with E-state index < -0.39 is 40.3 Å². The molecular formula is C26H22ClF5O3. The zero-order chi connectivity index (χ0) is 25.9. The van der Waals surface area contributed by atoms with Gasteiger partial charge in [0.05, 0.1) is 16.5 Å². The molecular weight excluding hydrogens is 491 g/mol. The first-order chi connectivity index (χ1) is 16.3. The molecule has 3 rings (SSSR count). The van der Waals surface area contributed by atoms with Gasteiger partial charge in [-0.3, -0.25) is 4.79 Å². The van der Waals surface area contributed by atoms with Gasteiger partial charge in [0, 0.05) is 6.07 Å². The van der Waals surface area contributed by atoms with Crippen molar-refractivity contribution in [2.24, 2.45) is 5.92 Å². The Morgan fingerprint density at radius 1 is 0.971 bits per heavy atom. The summed E-state index contributed by atoms with van der Waals surface area (Å²) in [5, 5.41) is 9.33. The van der Waals surface area contributed by atoms with Gasteiger partial charge in [-0.15, -0.1) is 0 Å². The van der Waals surface area contributed by atoms with E-state index in [1.165, 1.54) is 24.3 Å². The van der Waals surface area contributed by atoms with Gasteiger partial charge in [-0.1, -0.05) is 37.6 Å². The van der Waals surface area contributed by atoms with E-state index in [4.69, 9.17) is 16.3 Å². The molecule has 0 aliphatic carbocycles. The van der Waals surface area contributed by atoms with Crippen LogP contribution < -0.4 is 4.74 Å². The Morgan fingerprint density at radius 2 is 1.63 bits per heavy atom. The van der Waals surface area contributed by atoms with E-state index in [-0.39, 0.29) is 41.4 Å². The molecule has 9 heteroatoms. The summed E-state index contributed by atoms with van der Waals surface area (Å²) in [6.07, 6.45) is -4.41. The Balaban J connectivity index is 2.08. The van der Waals surface area contributed by atoms with Gasteiger partial charge in [-0.25, -0.2) is 8.78 Å². The highest BCUT2D eigenvalue weighted by Crippen LogP contribution is 2.39. The highest BCUT2D eigenvalue weighted by atomic mass is 35.5. The normalized spacial score (nSPS) is 12.6. The summed E-state index contributed by atoms with van der Waals surface area (Å²) >= 11 is 5.74. The van der Waals surface area contributed by atoms with Crippen LogP contribution in [0.2, 0.25) is 5.02 Å². The number of carboxylic acid groups (broad SMARTS) is 1. The standard InChI is InChI=1S/C26H22ClF5O3/c1-14(2)5-22(25(33)34)18-8-17(16-3-4-24(27)23(11-16)26(30,31)32)9-21(10-18)35-13-15-6-19(28)12-20(29)7-15/h3-4,6-12,14,22H,5,13H2,1-2H3,(H,33,34). The van der Waals surface area contributed by atoms with Crippen LogP contribution >= 0.6 is 11.6 Å². The Hall–Kier alpha value is -3.13. The van der Waals surface area contributed by atoms with E-state index >= 15 is 0 Å². The summed E-state index contributed by atoms with van der Waals surface area (Å²) in [5.41, 5.74) is -0.0827. The van der Waals surface area contributed by atoms with E-state index in [0.29, 0.717) is 11.6 Å². The fourth-order valence-corrected chi connectivity index (χ4v) is 3.93. The van der Waals surface area contributed by atoms with Gasteiger partial charge in [0.25, 0.3) is 0 Å². The van der Waals surface area contributed by atoms with Gasteiger partial charge in [-0.2, -0.15) is 13.2 Å². The summed E-state index contributed by atoms with van der Waals surface area (Å²) in [6, 6.07) is 10.7. The third kappa shape index (κ3) is 6.94. The molecule has 1 atom stereocenters. The average molecular weight is 513 g/mol. The van der Waals surface area contributed by atoms with Crippen LogP contribution in [0.4, 0.5) is 22.0 Å². The van der Waals surface area contributed by atoms with Gasteiger partial charge in [0.2, 0.25) is 0 Å². The molecule has 35 heavy (non-hydrogen) atoms. The molecule has 0 bridgehead atoms. The number of hydrogen-bond donors (Lipinski definition) is 1. The lowest BCUT2D eigenvalue weighted by atomic mass is 9.88. The van der Waals surface area contributed by atoms with Crippen LogP contribution in [0.25, 0.3) is 11.1 Å². The summed E-state index contributed by atoms with van der Waals surface area (Å²) in [5.74, 6) is -3.46. The maximum atomic E-state index is 13.5. The quantitative estimate of drug-likeness (QED) is 0.310. The highest BCUT2D eigenvalue weighted by molar-refractivity contribution is 6.31. The monoisotopic (exact) mass is 512 g/mol. The van der Waals surface area contributed by atoms with Crippen molar-refractivity contribution in [1.29, 1.82) is 0 Å². The van der Waals surface area contributed by atoms with E-state index in [2.05, 4.69) is 0 Å². The molecule has 0 spiro atoms. The number of rotatable bonds is 8. The number of benzene rings is 3. The largest absolute Gasteiger partial charge is 0.489 e. The summed E-state index contributed by atoms with van der Waals surface area (Å²) in [6.45, 7) is 3.46. The molecule has 0 amide bonds. The molecule has 0 fully saturated rings. The molecule has 0 radical (unpaired) electrons. The van der Waals surface area contributed by atoms with Crippen LogP contribution in [-0.4, -0.2) is 11.1 Å². The Labute approximate surface area is 204 Å². The maximum Gasteiger partial charge on any atom is 0.417 e. The lowest BCUT2D eigenvalue weighted by molar-refractivity contribution is -0.139. The first-order valence-corrected chi connectivity index (χ1v) is 11.0. The maximum absolute atomic E-state index is 13.5. The van der Waals surface area contributed by atoms with Crippen molar-refractivity contribution in [3.63, 3.8) is 0 Å². The first kappa shape index (κ1) is 26.5. The molecule has 0 saturated carbocycles. The number of aliphatic carboxylic acids is 1. The van der Waals surface area contributed by atoms with Crippen LogP contribution in [0.15, 0.2) is 54.6 Å². The van der Waals surface area contributed by atoms with Crippen LogP contribution in [-0.2, 0) is 17.6 Å². The molecule has 3 aromatic rings.